The number of carbonyl (C=O) groups is 1. The summed E-state index contributed by atoms with van der Waals surface area (Å²) in [5, 5.41) is 3.04. The van der Waals surface area contributed by atoms with Gasteiger partial charge in [-0.05, 0) is 0 Å². The first-order valence-corrected chi connectivity index (χ1v) is 8.72. The molecule has 2 aromatic rings. The van der Waals surface area contributed by atoms with Crippen molar-refractivity contribution in [2.24, 2.45) is 0 Å². The number of ether oxygens (including phenoxy) is 2. The van der Waals surface area contributed by atoms with Gasteiger partial charge in [-0.2, -0.15) is 0 Å². The minimum Gasteiger partial charge on any atom is -0.464 e. The van der Waals surface area contributed by atoms with Crippen LogP contribution in [-0.2, 0) is 14.3 Å². The standard InChI is InChI=1S/C17H18N2O3S/c20-17-14(6-8-22-17)19-7-9-21-15(10-19)16-18-13(11-23-16)12-4-2-1-3-5-12/h1-5,11,14-15H,6-10H2. The van der Waals surface area contributed by atoms with Crippen molar-refractivity contribution in [1.29, 1.82) is 0 Å². The fraction of sp³-hybridized carbons (Fsp3) is 0.412. The normalized spacial score (nSPS) is 25.5. The lowest BCUT2D eigenvalue weighted by Crippen LogP contribution is -2.46. The molecule has 4 rings (SSSR count). The van der Waals surface area contributed by atoms with Crippen LogP contribution in [0.3, 0.4) is 0 Å². The van der Waals surface area contributed by atoms with E-state index in [-0.39, 0.29) is 18.1 Å². The van der Waals surface area contributed by atoms with Crippen molar-refractivity contribution < 1.29 is 14.3 Å². The Balaban J connectivity index is 1.50. The van der Waals surface area contributed by atoms with E-state index in [1.807, 2.05) is 18.2 Å². The van der Waals surface area contributed by atoms with Gasteiger partial charge in [0.1, 0.15) is 17.2 Å². The van der Waals surface area contributed by atoms with E-state index in [2.05, 4.69) is 22.4 Å². The predicted molar refractivity (Wildman–Crippen MR) is 87.2 cm³/mol. The largest absolute Gasteiger partial charge is 0.464 e. The fourth-order valence-corrected chi connectivity index (χ4v) is 3.96. The molecule has 0 bridgehead atoms. The smallest absolute Gasteiger partial charge is 0.323 e. The van der Waals surface area contributed by atoms with Gasteiger partial charge in [0.15, 0.2) is 0 Å². The Hall–Kier alpha value is -1.76. The third kappa shape index (κ3) is 3.02. The first-order chi connectivity index (χ1) is 11.3. The van der Waals surface area contributed by atoms with Gasteiger partial charge in [0.05, 0.1) is 18.9 Å². The van der Waals surface area contributed by atoms with Crippen molar-refractivity contribution in [2.75, 3.05) is 26.3 Å². The third-order valence-corrected chi connectivity index (χ3v) is 5.25. The maximum atomic E-state index is 11.8. The summed E-state index contributed by atoms with van der Waals surface area (Å²) >= 11 is 1.62. The highest BCUT2D eigenvalue weighted by Crippen LogP contribution is 2.30. The molecule has 0 aliphatic carbocycles. The monoisotopic (exact) mass is 330 g/mol. The summed E-state index contributed by atoms with van der Waals surface area (Å²) in [5.74, 6) is -0.102. The van der Waals surface area contributed by atoms with Crippen LogP contribution >= 0.6 is 11.3 Å². The molecule has 120 valence electrons. The molecular weight excluding hydrogens is 312 g/mol. The van der Waals surface area contributed by atoms with Crippen LogP contribution in [0.5, 0.6) is 0 Å². The molecule has 1 aromatic carbocycles. The van der Waals surface area contributed by atoms with Crippen molar-refractivity contribution in [1.82, 2.24) is 9.88 Å². The van der Waals surface area contributed by atoms with Gasteiger partial charge in [0.25, 0.3) is 0 Å². The molecule has 23 heavy (non-hydrogen) atoms. The second kappa shape index (κ2) is 6.39. The lowest BCUT2D eigenvalue weighted by molar-refractivity contribution is -0.144. The number of carbonyl (C=O) groups excluding carboxylic acids is 1. The van der Waals surface area contributed by atoms with E-state index in [1.54, 1.807) is 11.3 Å². The molecule has 0 N–H and O–H groups in total. The van der Waals surface area contributed by atoms with Gasteiger partial charge in [-0.25, -0.2) is 4.98 Å². The van der Waals surface area contributed by atoms with E-state index in [9.17, 15) is 4.79 Å². The van der Waals surface area contributed by atoms with Gasteiger partial charge in [-0.15, -0.1) is 11.3 Å². The molecule has 0 amide bonds. The second-order valence-corrected chi connectivity index (χ2v) is 6.65. The summed E-state index contributed by atoms with van der Waals surface area (Å²) in [6.07, 6.45) is 0.707. The summed E-state index contributed by atoms with van der Waals surface area (Å²) in [6, 6.07) is 10.0. The van der Waals surface area contributed by atoms with E-state index >= 15 is 0 Å². The highest BCUT2D eigenvalue weighted by Gasteiger charge is 2.36. The van der Waals surface area contributed by atoms with Crippen LogP contribution < -0.4 is 0 Å². The molecule has 3 heterocycles. The van der Waals surface area contributed by atoms with Gasteiger partial charge >= 0.3 is 5.97 Å². The van der Waals surface area contributed by atoms with Crippen LogP contribution in [0.2, 0.25) is 0 Å². The van der Waals surface area contributed by atoms with Crippen molar-refractivity contribution >= 4 is 17.3 Å². The summed E-state index contributed by atoms with van der Waals surface area (Å²) < 4.78 is 11.0. The van der Waals surface area contributed by atoms with Crippen LogP contribution in [0.1, 0.15) is 17.5 Å². The first-order valence-electron chi connectivity index (χ1n) is 7.84. The maximum absolute atomic E-state index is 11.8. The van der Waals surface area contributed by atoms with Gasteiger partial charge in [0, 0.05) is 30.5 Å². The molecule has 2 atom stereocenters. The van der Waals surface area contributed by atoms with E-state index < -0.39 is 0 Å². The topological polar surface area (TPSA) is 51.7 Å². The number of rotatable bonds is 3. The number of benzene rings is 1. The summed E-state index contributed by atoms with van der Waals surface area (Å²) in [7, 11) is 0. The van der Waals surface area contributed by atoms with E-state index in [0.29, 0.717) is 19.8 Å². The average molecular weight is 330 g/mol. The molecule has 0 spiro atoms. The van der Waals surface area contributed by atoms with Crippen molar-refractivity contribution in [2.45, 2.75) is 18.6 Å². The van der Waals surface area contributed by atoms with Crippen LogP contribution in [0.25, 0.3) is 11.3 Å². The van der Waals surface area contributed by atoms with Crippen molar-refractivity contribution in [3.05, 3.63) is 40.7 Å². The number of morpholine rings is 1. The molecule has 0 saturated carbocycles. The number of esters is 1. The summed E-state index contributed by atoms with van der Waals surface area (Å²) in [6.45, 7) is 2.62. The number of hydrogen-bond acceptors (Lipinski definition) is 6. The van der Waals surface area contributed by atoms with Crippen LogP contribution in [0.4, 0.5) is 0 Å². The van der Waals surface area contributed by atoms with Gasteiger partial charge in [-0.3, -0.25) is 9.69 Å². The minimum absolute atomic E-state index is 0.0698. The van der Waals surface area contributed by atoms with Gasteiger partial charge < -0.3 is 9.47 Å². The molecule has 6 heteroatoms. The van der Waals surface area contributed by atoms with Crippen molar-refractivity contribution in [3.63, 3.8) is 0 Å². The maximum Gasteiger partial charge on any atom is 0.323 e. The van der Waals surface area contributed by atoms with Crippen LogP contribution in [0.15, 0.2) is 35.7 Å². The van der Waals surface area contributed by atoms with Gasteiger partial charge in [0.2, 0.25) is 0 Å². The molecule has 2 saturated heterocycles. The highest BCUT2D eigenvalue weighted by molar-refractivity contribution is 7.10. The molecule has 2 aliphatic rings. The van der Waals surface area contributed by atoms with Crippen LogP contribution in [-0.4, -0.2) is 48.2 Å². The van der Waals surface area contributed by atoms with Gasteiger partial charge in [-0.1, -0.05) is 30.3 Å². The Labute approximate surface area is 138 Å². The molecule has 2 fully saturated rings. The zero-order valence-electron chi connectivity index (χ0n) is 12.7. The lowest BCUT2D eigenvalue weighted by atomic mass is 10.1. The molecular formula is C17H18N2O3S. The van der Waals surface area contributed by atoms with E-state index in [4.69, 9.17) is 14.5 Å². The quantitative estimate of drug-likeness (QED) is 0.810. The molecule has 2 unspecified atom stereocenters. The third-order valence-electron chi connectivity index (χ3n) is 4.31. The second-order valence-electron chi connectivity index (χ2n) is 5.76. The SMILES string of the molecule is O=C1OCCC1N1CCOC(c2nc(-c3ccccc3)cs2)C1. The summed E-state index contributed by atoms with van der Waals surface area (Å²) in [5.41, 5.74) is 2.09. The average Bonchev–Trinajstić information content (AvgIpc) is 3.25. The Morgan fingerprint density at radius 2 is 2.09 bits per heavy atom. The number of nitrogens with zero attached hydrogens (tertiary/aromatic N) is 2. The van der Waals surface area contributed by atoms with E-state index in [0.717, 1.165) is 29.2 Å². The van der Waals surface area contributed by atoms with Crippen LogP contribution in [0, 0.1) is 0 Å². The molecule has 2 aliphatic heterocycles. The summed E-state index contributed by atoms with van der Waals surface area (Å²) in [4.78, 5) is 18.7. The zero-order valence-corrected chi connectivity index (χ0v) is 13.5. The Morgan fingerprint density at radius 3 is 2.87 bits per heavy atom. The Morgan fingerprint density at radius 1 is 1.22 bits per heavy atom. The number of hydrogen-bond donors (Lipinski definition) is 0. The zero-order chi connectivity index (χ0) is 15.6. The van der Waals surface area contributed by atoms with Crippen molar-refractivity contribution in [3.8, 4) is 11.3 Å². The number of thiazole rings is 1. The number of aromatic nitrogens is 1. The minimum atomic E-state index is -0.116. The Bertz CT molecular complexity index is 688. The van der Waals surface area contributed by atoms with E-state index in [1.165, 1.54) is 0 Å². The highest BCUT2D eigenvalue weighted by atomic mass is 32.1. The molecule has 5 nitrogen and oxygen atoms in total. The molecule has 0 radical (unpaired) electrons. The predicted octanol–water partition coefficient (Wildman–Crippen LogP) is 2.50. The number of cyclic esters (lactones) is 1. The lowest BCUT2D eigenvalue weighted by Gasteiger charge is -2.34. The first kappa shape index (κ1) is 14.8. The fourth-order valence-electron chi connectivity index (χ4n) is 3.10. The molecule has 1 aromatic heterocycles. The Kier molecular flexibility index (Phi) is 4.11.